The Morgan fingerprint density at radius 1 is 1.29 bits per heavy atom. The van der Waals surface area contributed by atoms with Gasteiger partial charge in [-0.2, -0.15) is 0 Å². The van der Waals surface area contributed by atoms with Gasteiger partial charge < -0.3 is 15.1 Å². The third-order valence-corrected chi connectivity index (χ3v) is 4.70. The Morgan fingerprint density at radius 3 is 2.96 bits per heavy atom. The van der Waals surface area contributed by atoms with Gasteiger partial charge in [0.1, 0.15) is 18.0 Å². The predicted octanol–water partition coefficient (Wildman–Crippen LogP) is 2.51. The number of carbonyl (C=O) groups is 1. The van der Waals surface area contributed by atoms with E-state index in [1.54, 1.807) is 18.6 Å². The van der Waals surface area contributed by atoms with E-state index in [1.165, 1.54) is 0 Å². The topological polar surface area (TPSA) is 74.2 Å². The highest BCUT2D eigenvalue weighted by atomic mass is 16.2. The number of pyridine rings is 1. The molecule has 3 rings (SSSR count). The lowest BCUT2D eigenvalue weighted by molar-refractivity contribution is -0.127. The molecule has 0 bridgehead atoms. The minimum Gasteiger partial charge on any atom is -0.339 e. The Morgan fingerprint density at radius 2 is 2.18 bits per heavy atom. The molecule has 0 radical (unpaired) electrons. The first-order valence-corrected chi connectivity index (χ1v) is 9.69. The largest absolute Gasteiger partial charge is 0.339 e. The highest BCUT2D eigenvalue weighted by Crippen LogP contribution is 2.21. The van der Waals surface area contributed by atoms with Gasteiger partial charge in [-0.25, -0.2) is 15.0 Å². The molecular formula is C21H28N6O. The summed E-state index contributed by atoms with van der Waals surface area (Å²) in [6.45, 7) is 2.38. The minimum absolute atomic E-state index is 0.103. The van der Waals surface area contributed by atoms with Crippen LogP contribution >= 0.6 is 0 Å². The van der Waals surface area contributed by atoms with Crippen LogP contribution < -0.4 is 5.32 Å². The van der Waals surface area contributed by atoms with Gasteiger partial charge in [0.05, 0.1) is 0 Å². The molecule has 0 aliphatic carbocycles. The Bertz CT molecular complexity index is 792. The SMILES string of the molecule is CN(C)C/C=C/C(=O)N1CCC[C@@H](Cc2cc(Nc3ccccn3)ncn2)C1. The summed E-state index contributed by atoms with van der Waals surface area (Å²) in [4.78, 5) is 29.4. The second kappa shape index (κ2) is 9.94. The molecule has 1 atom stereocenters. The summed E-state index contributed by atoms with van der Waals surface area (Å²) in [6, 6.07) is 7.67. The second-order valence-corrected chi connectivity index (χ2v) is 7.40. The molecule has 2 aromatic heterocycles. The molecule has 0 spiro atoms. The summed E-state index contributed by atoms with van der Waals surface area (Å²) in [5.74, 6) is 2.01. The Hall–Kier alpha value is -2.80. The third kappa shape index (κ3) is 6.13. The number of piperidine rings is 1. The van der Waals surface area contributed by atoms with Crippen LogP contribution in [0.2, 0.25) is 0 Å². The molecule has 7 heteroatoms. The minimum atomic E-state index is 0.103. The van der Waals surface area contributed by atoms with Crippen LogP contribution in [-0.4, -0.2) is 64.4 Å². The fraction of sp³-hybridized carbons (Fsp3) is 0.429. The van der Waals surface area contributed by atoms with E-state index >= 15 is 0 Å². The first-order valence-electron chi connectivity index (χ1n) is 9.69. The van der Waals surface area contributed by atoms with E-state index in [-0.39, 0.29) is 5.91 Å². The van der Waals surface area contributed by atoms with Crippen molar-refractivity contribution in [3.63, 3.8) is 0 Å². The second-order valence-electron chi connectivity index (χ2n) is 7.40. The quantitative estimate of drug-likeness (QED) is 0.744. The summed E-state index contributed by atoms with van der Waals surface area (Å²) in [7, 11) is 3.98. The predicted molar refractivity (Wildman–Crippen MR) is 110 cm³/mol. The average molecular weight is 380 g/mol. The van der Waals surface area contributed by atoms with E-state index in [4.69, 9.17) is 0 Å². The van der Waals surface area contributed by atoms with Crippen molar-refractivity contribution in [2.24, 2.45) is 5.92 Å². The number of likely N-dealkylation sites (N-methyl/N-ethyl adjacent to an activating group) is 1. The van der Waals surface area contributed by atoms with Crippen molar-refractivity contribution in [3.8, 4) is 0 Å². The smallest absolute Gasteiger partial charge is 0.246 e. The van der Waals surface area contributed by atoms with Crippen molar-refractivity contribution in [3.05, 3.63) is 54.6 Å². The Kier molecular flexibility index (Phi) is 7.08. The van der Waals surface area contributed by atoms with E-state index in [1.807, 2.05) is 54.2 Å². The summed E-state index contributed by atoms with van der Waals surface area (Å²) in [5.41, 5.74) is 0.982. The molecule has 0 unspecified atom stereocenters. The highest BCUT2D eigenvalue weighted by Gasteiger charge is 2.23. The third-order valence-electron chi connectivity index (χ3n) is 4.70. The van der Waals surface area contributed by atoms with E-state index in [2.05, 4.69) is 20.3 Å². The number of likely N-dealkylation sites (tertiary alicyclic amines) is 1. The van der Waals surface area contributed by atoms with Gasteiger partial charge in [0.25, 0.3) is 0 Å². The fourth-order valence-electron chi connectivity index (χ4n) is 3.34. The molecule has 2 aromatic rings. The van der Waals surface area contributed by atoms with Gasteiger partial charge in [-0.3, -0.25) is 4.79 Å². The first-order chi connectivity index (χ1) is 13.6. The van der Waals surface area contributed by atoms with Crippen molar-refractivity contribution in [1.29, 1.82) is 0 Å². The molecule has 1 fully saturated rings. The molecule has 7 nitrogen and oxygen atoms in total. The van der Waals surface area contributed by atoms with Crippen molar-refractivity contribution in [2.45, 2.75) is 19.3 Å². The fourth-order valence-corrected chi connectivity index (χ4v) is 3.34. The Balaban J connectivity index is 1.57. The van der Waals surface area contributed by atoms with Gasteiger partial charge in [0.2, 0.25) is 5.91 Å². The number of amides is 1. The molecule has 1 amide bonds. The maximum Gasteiger partial charge on any atom is 0.246 e. The molecule has 1 aliphatic heterocycles. The molecule has 0 aromatic carbocycles. The van der Waals surface area contributed by atoms with Crippen LogP contribution in [0.3, 0.4) is 0 Å². The summed E-state index contributed by atoms with van der Waals surface area (Å²) in [5, 5.41) is 3.20. The van der Waals surface area contributed by atoms with Crippen molar-refractivity contribution in [1.82, 2.24) is 24.8 Å². The normalized spacial score (nSPS) is 17.2. The van der Waals surface area contributed by atoms with E-state index in [0.717, 1.165) is 56.2 Å². The lowest BCUT2D eigenvalue weighted by Crippen LogP contribution is -2.39. The van der Waals surface area contributed by atoms with Crippen LogP contribution in [0.1, 0.15) is 18.5 Å². The van der Waals surface area contributed by atoms with Gasteiger partial charge in [-0.05, 0) is 51.4 Å². The molecule has 0 saturated carbocycles. The van der Waals surface area contributed by atoms with Crippen LogP contribution in [-0.2, 0) is 11.2 Å². The number of hydrogen-bond acceptors (Lipinski definition) is 6. The number of aromatic nitrogens is 3. The Labute approximate surface area is 166 Å². The van der Waals surface area contributed by atoms with Gasteiger partial charge in [-0.1, -0.05) is 12.1 Å². The van der Waals surface area contributed by atoms with Crippen molar-refractivity contribution in [2.75, 3.05) is 39.0 Å². The average Bonchev–Trinajstić information content (AvgIpc) is 2.69. The van der Waals surface area contributed by atoms with Gasteiger partial charge in [0.15, 0.2) is 0 Å². The van der Waals surface area contributed by atoms with Gasteiger partial charge >= 0.3 is 0 Å². The zero-order chi connectivity index (χ0) is 19.8. The van der Waals surface area contributed by atoms with Crippen LogP contribution in [0.4, 0.5) is 11.6 Å². The number of carbonyl (C=O) groups excluding carboxylic acids is 1. The number of anilines is 2. The number of hydrogen-bond donors (Lipinski definition) is 1. The van der Waals surface area contributed by atoms with Crippen LogP contribution in [0.25, 0.3) is 0 Å². The maximum atomic E-state index is 12.4. The zero-order valence-corrected chi connectivity index (χ0v) is 16.6. The van der Waals surface area contributed by atoms with Crippen LogP contribution in [0.5, 0.6) is 0 Å². The first kappa shape index (κ1) is 19.9. The molecule has 28 heavy (non-hydrogen) atoms. The van der Waals surface area contributed by atoms with Crippen molar-refractivity contribution >= 4 is 17.5 Å². The molecule has 3 heterocycles. The molecule has 1 N–H and O–H groups in total. The van der Waals surface area contributed by atoms with Crippen LogP contribution in [0, 0.1) is 5.92 Å². The summed E-state index contributed by atoms with van der Waals surface area (Å²) >= 11 is 0. The molecule has 148 valence electrons. The van der Waals surface area contributed by atoms with E-state index in [0.29, 0.717) is 5.92 Å². The lowest BCUT2D eigenvalue weighted by atomic mass is 9.93. The summed E-state index contributed by atoms with van der Waals surface area (Å²) in [6.07, 6.45) is 9.92. The molecule has 1 saturated heterocycles. The molecule has 1 aliphatic rings. The lowest BCUT2D eigenvalue weighted by Gasteiger charge is -2.32. The highest BCUT2D eigenvalue weighted by molar-refractivity contribution is 5.87. The van der Waals surface area contributed by atoms with E-state index < -0.39 is 0 Å². The number of nitrogens with zero attached hydrogens (tertiary/aromatic N) is 5. The van der Waals surface area contributed by atoms with Crippen LogP contribution in [0.15, 0.2) is 48.9 Å². The van der Waals surface area contributed by atoms with Crippen molar-refractivity contribution < 1.29 is 4.79 Å². The summed E-state index contributed by atoms with van der Waals surface area (Å²) < 4.78 is 0. The standard InChI is InChI=1S/C21H28N6O/c1-26(2)11-6-9-21(28)27-12-5-7-17(15-27)13-18-14-20(24-16-23-18)25-19-8-3-4-10-22-19/h3-4,6,8-10,14,16-17H,5,7,11-13,15H2,1-2H3,(H,22,23,24,25)/b9-6+/t17-/m0/s1. The van der Waals surface area contributed by atoms with E-state index in [9.17, 15) is 4.79 Å². The molecular weight excluding hydrogens is 352 g/mol. The maximum absolute atomic E-state index is 12.4. The van der Waals surface area contributed by atoms with Gasteiger partial charge in [0, 0.05) is 43.7 Å². The zero-order valence-electron chi connectivity index (χ0n) is 16.6. The monoisotopic (exact) mass is 380 g/mol. The van der Waals surface area contributed by atoms with Gasteiger partial charge in [-0.15, -0.1) is 0 Å². The number of rotatable bonds is 7. The number of nitrogens with one attached hydrogen (secondary N) is 1.